The van der Waals surface area contributed by atoms with Crippen LogP contribution in [0.5, 0.6) is 0 Å². The second-order valence-electron chi connectivity index (χ2n) is 8.09. The predicted molar refractivity (Wildman–Crippen MR) is 116 cm³/mol. The largest absolute Gasteiger partial charge is 0.341 e. The summed E-state index contributed by atoms with van der Waals surface area (Å²) >= 11 is 0. The number of carbonyl (C=O) groups is 1. The first-order valence-corrected chi connectivity index (χ1v) is 12.2. The molecule has 8 heteroatoms. The molecule has 0 aliphatic carbocycles. The first-order chi connectivity index (χ1) is 15.0. The quantitative estimate of drug-likeness (QED) is 0.710. The van der Waals surface area contributed by atoms with Gasteiger partial charge in [-0.15, -0.1) is 0 Å². The SMILES string of the molecule is O=C(C(c1ccccc1)N1CCCN(S(=O)(=O)c2ccc(F)cc2)CC1)N1CCCC1. The maximum Gasteiger partial charge on any atom is 0.244 e. The van der Waals surface area contributed by atoms with Gasteiger partial charge >= 0.3 is 0 Å². The minimum Gasteiger partial charge on any atom is -0.341 e. The number of nitrogens with zero attached hydrogens (tertiary/aromatic N) is 3. The van der Waals surface area contributed by atoms with Gasteiger partial charge in [0.25, 0.3) is 0 Å². The van der Waals surface area contributed by atoms with E-state index in [0.717, 1.165) is 43.6 Å². The molecule has 2 aromatic carbocycles. The van der Waals surface area contributed by atoms with Crippen LogP contribution in [0.15, 0.2) is 59.5 Å². The molecule has 1 atom stereocenters. The molecule has 4 rings (SSSR count). The van der Waals surface area contributed by atoms with Gasteiger partial charge in [-0.2, -0.15) is 4.31 Å². The second kappa shape index (κ2) is 9.46. The van der Waals surface area contributed by atoms with E-state index in [-0.39, 0.29) is 17.3 Å². The van der Waals surface area contributed by atoms with E-state index >= 15 is 0 Å². The molecule has 6 nitrogen and oxygen atoms in total. The monoisotopic (exact) mass is 445 g/mol. The Balaban J connectivity index is 1.55. The van der Waals surface area contributed by atoms with Crippen molar-refractivity contribution in [1.29, 1.82) is 0 Å². The van der Waals surface area contributed by atoms with Gasteiger partial charge in [0.1, 0.15) is 11.9 Å². The molecule has 1 unspecified atom stereocenters. The molecule has 0 bridgehead atoms. The molecule has 0 N–H and O–H groups in total. The highest BCUT2D eigenvalue weighted by atomic mass is 32.2. The number of hydrogen-bond donors (Lipinski definition) is 0. The van der Waals surface area contributed by atoms with E-state index in [2.05, 4.69) is 4.90 Å². The molecule has 2 fully saturated rings. The van der Waals surface area contributed by atoms with Crippen LogP contribution in [0.1, 0.15) is 30.9 Å². The van der Waals surface area contributed by atoms with Crippen LogP contribution in [-0.2, 0) is 14.8 Å². The first kappa shape index (κ1) is 21.9. The number of benzene rings is 2. The van der Waals surface area contributed by atoms with Crippen molar-refractivity contribution in [2.24, 2.45) is 0 Å². The van der Waals surface area contributed by atoms with Crippen LogP contribution in [0, 0.1) is 5.82 Å². The molecule has 0 radical (unpaired) electrons. The molecule has 0 saturated carbocycles. The first-order valence-electron chi connectivity index (χ1n) is 10.8. The van der Waals surface area contributed by atoms with Gasteiger partial charge < -0.3 is 4.90 Å². The zero-order valence-electron chi connectivity index (χ0n) is 17.5. The van der Waals surface area contributed by atoms with Crippen LogP contribution in [0.4, 0.5) is 4.39 Å². The van der Waals surface area contributed by atoms with Gasteiger partial charge in [0, 0.05) is 39.3 Å². The molecule has 2 aliphatic heterocycles. The Kier molecular flexibility index (Phi) is 6.69. The number of hydrogen-bond acceptors (Lipinski definition) is 4. The lowest BCUT2D eigenvalue weighted by Gasteiger charge is -2.33. The number of halogens is 1. The Bertz CT molecular complexity index is 992. The normalized spacial score (nSPS) is 19.8. The summed E-state index contributed by atoms with van der Waals surface area (Å²) in [6.07, 6.45) is 2.67. The van der Waals surface area contributed by atoms with Gasteiger partial charge in [-0.25, -0.2) is 12.8 Å². The summed E-state index contributed by atoms with van der Waals surface area (Å²) in [7, 11) is -3.71. The number of amides is 1. The van der Waals surface area contributed by atoms with Crippen molar-refractivity contribution in [3.05, 3.63) is 66.0 Å². The van der Waals surface area contributed by atoms with E-state index in [1.807, 2.05) is 35.2 Å². The Morgan fingerprint density at radius 1 is 0.806 bits per heavy atom. The standard InChI is InChI=1S/C23H28FN3O3S/c24-20-9-11-21(12-10-20)31(29,30)27-16-6-15-25(17-18-27)22(19-7-2-1-3-8-19)23(28)26-13-4-5-14-26/h1-3,7-12,22H,4-6,13-18H2. The molecule has 166 valence electrons. The van der Waals surface area contributed by atoms with Gasteiger partial charge in [-0.05, 0) is 49.1 Å². The fraction of sp³-hybridized carbons (Fsp3) is 0.435. The van der Waals surface area contributed by atoms with Gasteiger partial charge in [-0.1, -0.05) is 30.3 Å². The molecule has 0 spiro atoms. The van der Waals surface area contributed by atoms with Crippen molar-refractivity contribution >= 4 is 15.9 Å². The minimum absolute atomic E-state index is 0.0927. The molecule has 1 amide bonds. The molecule has 0 aromatic heterocycles. The highest BCUT2D eigenvalue weighted by molar-refractivity contribution is 7.89. The lowest BCUT2D eigenvalue weighted by molar-refractivity contribution is -0.136. The van der Waals surface area contributed by atoms with E-state index in [9.17, 15) is 17.6 Å². The maximum absolute atomic E-state index is 13.4. The fourth-order valence-corrected chi connectivity index (χ4v) is 5.89. The fourth-order valence-electron chi connectivity index (χ4n) is 4.42. The van der Waals surface area contributed by atoms with Gasteiger partial charge in [0.05, 0.1) is 4.90 Å². The smallest absolute Gasteiger partial charge is 0.244 e. The van der Waals surface area contributed by atoms with E-state index < -0.39 is 21.9 Å². The van der Waals surface area contributed by atoms with Crippen molar-refractivity contribution in [3.8, 4) is 0 Å². The maximum atomic E-state index is 13.4. The van der Waals surface area contributed by atoms with Crippen molar-refractivity contribution < 1.29 is 17.6 Å². The Hall–Kier alpha value is -2.29. The average Bonchev–Trinajstić information content (AvgIpc) is 3.21. The lowest BCUT2D eigenvalue weighted by atomic mass is 10.0. The molecule has 31 heavy (non-hydrogen) atoms. The van der Waals surface area contributed by atoms with E-state index in [0.29, 0.717) is 26.1 Å². The van der Waals surface area contributed by atoms with Crippen molar-refractivity contribution in [3.63, 3.8) is 0 Å². The van der Waals surface area contributed by atoms with E-state index in [4.69, 9.17) is 0 Å². The Morgan fingerprint density at radius 2 is 1.48 bits per heavy atom. The van der Waals surface area contributed by atoms with Crippen molar-refractivity contribution in [2.45, 2.75) is 30.2 Å². The number of carbonyl (C=O) groups excluding carboxylic acids is 1. The third-order valence-electron chi connectivity index (χ3n) is 6.07. The zero-order valence-corrected chi connectivity index (χ0v) is 18.3. The summed E-state index contributed by atoms with van der Waals surface area (Å²) in [6.45, 7) is 3.31. The van der Waals surface area contributed by atoms with Crippen LogP contribution in [0.2, 0.25) is 0 Å². The van der Waals surface area contributed by atoms with Crippen molar-refractivity contribution in [1.82, 2.24) is 14.1 Å². The van der Waals surface area contributed by atoms with Gasteiger partial charge in [-0.3, -0.25) is 9.69 Å². The summed E-state index contributed by atoms with van der Waals surface area (Å²) in [5.41, 5.74) is 0.939. The second-order valence-corrected chi connectivity index (χ2v) is 10.0. The summed E-state index contributed by atoms with van der Waals surface area (Å²) in [5.74, 6) is -0.370. The molecular formula is C23H28FN3O3S. The Morgan fingerprint density at radius 3 is 2.16 bits per heavy atom. The van der Waals surface area contributed by atoms with Crippen LogP contribution >= 0.6 is 0 Å². The van der Waals surface area contributed by atoms with Gasteiger partial charge in [0.15, 0.2) is 0 Å². The topological polar surface area (TPSA) is 60.9 Å². The summed E-state index contributed by atoms with van der Waals surface area (Å²) < 4.78 is 40.8. The van der Waals surface area contributed by atoms with Gasteiger partial charge in [0.2, 0.25) is 15.9 Å². The van der Waals surface area contributed by atoms with E-state index in [1.165, 1.54) is 16.4 Å². The van der Waals surface area contributed by atoms with Crippen molar-refractivity contribution in [2.75, 3.05) is 39.3 Å². The van der Waals surface area contributed by atoms with Crippen LogP contribution in [-0.4, -0.2) is 67.7 Å². The molecular weight excluding hydrogens is 417 g/mol. The van der Waals surface area contributed by atoms with E-state index in [1.54, 1.807) is 0 Å². The summed E-state index contributed by atoms with van der Waals surface area (Å²) in [6, 6.07) is 14.3. The van der Waals surface area contributed by atoms with Crippen LogP contribution in [0.3, 0.4) is 0 Å². The zero-order chi connectivity index (χ0) is 21.8. The third kappa shape index (κ3) is 4.81. The molecule has 2 aromatic rings. The molecule has 2 aliphatic rings. The number of likely N-dealkylation sites (tertiary alicyclic amines) is 1. The minimum atomic E-state index is -3.71. The highest BCUT2D eigenvalue weighted by Gasteiger charge is 2.35. The average molecular weight is 446 g/mol. The highest BCUT2D eigenvalue weighted by Crippen LogP contribution is 2.27. The predicted octanol–water partition coefficient (Wildman–Crippen LogP) is 2.89. The summed E-state index contributed by atoms with van der Waals surface area (Å²) in [4.78, 5) is 17.5. The number of rotatable bonds is 5. The number of sulfonamides is 1. The lowest BCUT2D eigenvalue weighted by Crippen LogP contribution is -2.43. The van der Waals surface area contributed by atoms with Crippen LogP contribution < -0.4 is 0 Å². The molecule has 2 saturated heterocycles. The molecule has 2 heterocycles. The Labute approximate surface area is 183 Å². The summed E-state index contributed by atoms with van der Waals surface area (Å²) in [5, 5.41) is 0. The third-order valence-corrected chi connectivity index (χ3v) is 7.99. The van der Waals surface area contributed by atoms with Crippen LogP contribution in [0.25, 0.3) is 0 Å².